The number of benzene rings is 2. The zero-order valence-electron chi connectivity index (χ0n) is 16.0. The third-order valence-corrected chi connectivity index (χ3v) is 6.62. The van der Waals surface area contributed by atoms with Crippen LogP contribution in [0.5, 0.6) is 5.75 Å². The number of rotatable bonds is 6. The number of methoxy groups -OCH3 is 2. The highest BCUT2D eigenvalue weighted by Crippen LogP contribution is 2.21. The van der Waals surface area contributed by atoms with Crippen LogP contribution in [0.3, 0.4) is 0 Å². The van der Waals surface area contributed by atoms with E-state index in [2.05, 4.69) is 0 Å². The van der Waals surface area contributed by atoms with Crippen molar-refractivity contribution in [2.45, 2.75) is 11.5 Å². The number of amides is 1. The molecule has 0 bridgehead atoms. The zero-order valence-corrected chi connectivity index (χ0v) is 16.8. The second kappa shape index (κ2) is 8.72. The lowest BCUT2D eigenvalue weighted by Crippen LogP contribution is -2.50. The Balaban J connectivity index is 1.66. The average Bonchev–Trinajstić information content (AvgIpc) is 2.74. The molecule has 1 amide bonds. The Morgan fingerprint density at radius 2 is 1.68 bits per heavy atom. The van der Waals surface area contributed by atoms with Gasteiger partial charge in [-0.3, -0.25) is 4.79 Å². The number of hydrogen-bond acceptors (Lipinski definition) is 5. The predicted molar refractivity (Wildman–Crippen MR) is 105 cm³/mol. The van der Waals surface area contributed by atoms with Crippen molar-refractivity contribution in [2.75, 3.05) is 40.4 Å². The van der Waals surface area contributed by atoms with Crippen molar-refractivity contribution in [3.63, 3.8) is 0 Å². The van der Waals surface area contributed by atoms with Crippen molar-refractivity contribution in [3.8, 4) is 5.75 Å². The minimum Gasteiger partial charge on any atom is -0.497 e. The summed E-state index contributed by atoms with van der Waals surface area (Å²) in [5.74, 6) is 0.504. The molecule has 1 saturated heterocycles. The van der Waals surface area contributed by atoms with Crippen molar-refractivity contribution in [1.29, 1.82) is 0 Å². The van der Waals surface area contributed by atoms with Gasteiger partial charge in [0.15, 0.2) is 0 Å². The predicted octanol–water partition coefficient (Wildman–Crippen LogP) is 1.99. The van der Waals surface area contributed by atoms with E-state index in [0.29, 0.717) is 31.0 Å². The molecule has 1 fully saturated rings. The molecular formula is C20H24N2O5S. The molecule has 0 spiro atoms. The fourth-order valence-corrected chi connectivity index (χ4v) is 4.59. The van der Waals surface area contributed by atoms with Gasteiger partial charge < -0.3 is 14.4 Å². The summed E-state index contributed by atoms with van der Waals surface area (Å²) in [5.41, 5.74) is 1.51. The van der Waals surface area contributed by atoms with Crippen LogP contribution in [0.2, 0.25) is 0 Å². The van der Waals surface area contributed by atoms with Crippen molar-refractivity contribution in [3.05, 3.63) is 59.7 Å². The van der Waals surface area contributed by atoms with Gasteiger partial charge in [0.1, 0.15) is 5.75 Å². The highest BCUT2D eigenvalue weighted by molar-refractivity contribution is 7.89. The van der Waals surface area contributed by atoms with Crippen LogP contribution in [0.1, 0.15) is 15.9 Å². The van der Waals surface area contributed by atoms with Gasteiger partial charge in [-0.1, -0.05) is 12.1 Å². The van der Waals surface area contributed by atoms with Gasteiger partial charge in [-0.05, 0) is 42.0 Å². The molecule has 2 aromatic rings. The molecule has 0 radical (unpaired) electrons. The molecule has 1 aliphatic heterocycles. The molecular weight excluding hydrogens is 380 g/mol. The Morgan fingerprint density at radius 1 is 1.00 bits per heavy atom. The summed E-state index contributed by atoms with van der Waals surface area (Å²) in [7, 11) is -0.451. The van der Waals surface area contributed by atoms with E-state index in [1.165, 1.54) is 23.5 Å². The first-order valence-electron chi connectivity index (χ1n) is 8.97. The molecule has 2 aromatic carbocycles. The highest BCUT2D eigenvalue weighted by atomic mass is 32.2. The van der Waals surface area contributed by atoms with Gasteiger partial charge in [-0.2, -0.15) is 4.31 Å². The summed E-state index contributed by atoms with van der Waals surface area (Å²) in [6, 6.07) is 13.6. The summed E-state index contributed by atoms with van der Waals surface area (Å²) in [6.07, 6.45) is 0. The molecule has 7 nitrogen and oxygen atoms in total. The summed E-state index contributed by atoms with van der Waals surface area (Å²) in [6.45, 7) is 1.66. The molecule has 1 heterocycles. The lowest BCUT2D eigenvalue weighted by atomic mass is 10.1. The van der Waals surface area contributed by atoms with Crippen molar-refractivity contribution < 1.29 is 22.7 Å². The Bertz CT molecular complexity index is 920. The highest BCUT2D eigenvalue weighted by Gasteiger charge is 2.30. The van der Waals surface area contributed by atoms with Crippen LogP contribution in [-0.2, 0) is 21.4 Å². The van der Waals surface area contributed by atoms with Crippen LogP contribution < -0.4 is 4.74 Å². The van der Waals surface area contributed by atoms with E-state index >= 15 is 0 Å². The van der Waals surface area contributed by atoms with E-state index < -0.39 is 10.0 Å². The van der Waals surface area contributed by atoms with Gasteiger partial charge in [-0.25, -0.2) is 8.42 Å². The van der Waals surface area contributed by atoms with Gasteiger partial charge in [0, 0.05) is 38.9 Å². The van der Waals surface area contributed by atoms with Crippen molar-refractivity contribution in [1.82, 2.24) is 9.21 Å². The third-order valence-electron chi connectivity index (χ3n) is 4.71. The second-order valence-corrected chi connectivity index (χ2v) is 8.44. The molecule has 8 heteroatoms. The van der Waals surface area contributed by atoms with E-state index in [-0.39, 0.29) is 23.9 Å². The second-order valence-electron chi connectivity index (χ2n) is 6.51. The molecule has 150 valence electrons. The maximum absolute atomic E-state index is 12.8. The van der Waals surface area contributed by atoms with Crippen molar-refractivity contribution in [2.24, 2.45) is 0 Å². The summed E-state index contributed by atoms with van der Waals surface area (Å²) in [4.78, 5) is 14.7. The number of sulfonamides is 1. The topological polar surface area (TPSA) is 76.2 Å². The van der Waals surface area contributed by atoms with Crippen LogP contribution in [0.25, 0.3) is 0 Å². The monoisotopic (exact) mass is 404 g/mol. The molecule has 0 N–H and O–H groups in total. The van der Waals surface area contributed by atoms with Crippen molar-refractivity contribution >= 4 is 15.9 Å². The van der Waals surface area contributed by atoms with E-state index in [4.69, 9.17) is 9.47 Å². The SMILES string of the molecule is COCc1cccc(C(=O)N2CCN(S(=O)(=O)c3ccc(OC)cc3)CC2)c1. The number of nitrogens with zero attached hydrogens (tertiary/aromatic N) is 2. The molecule has 0 saturated carbocycles. The molecule has 0 aromatic heterocycles. The van der Waals surface area contributed by atoms with E-state index in [9.17, 15) is 13.2 Å². The van der Waals surface area contributed by atoms with Gasteiger partial charge in [0.05, 0.1) is 18.6 Å². The van der Waals surface area contributed by atoms with Gasteiger partial charge in [-0.15, -0.1) is 0 Å². The normalized spacial score (nSPS) is 15.4. The van der Waals surface area contributed by atoms with Gasteiger partial charge in [0.2, 0.25) is 10.0 Å². The standard InChI is InChI=1S/C20H24N2O5S/c1-26-15-16-4-3-5-17(14-16)20(23)21-10-12-22(13-11-21)28(24,25)19-8-6-18(27-2)7-9-19/h3-9,14H,10-13,15H2,1-2H3. The third kappa shape index (κ3) is 4.35. The molecule has 3 rings (SSSR count). The lowest BCUT2D eigenvalue weighted by molar-refractivity contribution is 0.0697. The summed E-state index contributed by atoms with van der Waals surface area (Å²) < 4.78 is 37.2. The maximum atomic E-state index is 12.8. The minimum atomic E-state index is -3.59. The van der Waals surface area contributed by atoms with Crippen LogP contribution in [0.4, 0.5) is 0 Å². The fourth-order valence-electron chi connectivity index (χ4n) is 3.17. The summed E-state index contributed by atoms with van der Waals surface area (Å²) in [5, 5.41) is 0. The van der Waals surface area contributed by atoms with Crippen LogP contribution in [-0.4, -0.2) is 63.9 Å². The largest absolute Gasteiger partial charge is 0.497 e. The zero-order chi connectivity index (χ0) is 20.1. The lowest BCUT2D eigenvalue weighted by Gasteiger charge is -2.34. The smallest absolute Gasteiger partial charge is 0.253 e. The number of ether oxygens (including phenoxy) is 2. The van der Waals surface area contributed by atoms with Crippen LogP contribution >= 0.6 is 0 Å². The Labute approximate surface area is 165 Å². The van der Waals surface area contributed by atoms with Gasteiger partial charge in [0.25, 0.3) is 5.91 Å². The Morgan fingerprint density at radius 3 is 2.29 bits per heavy atom. The molecule has 1 aliphatic rings. The van der Waals surface area contributed by atoms with Crippen LogP contribution in [0, 0.1) is 0 Å². The first-order chi connectivity index (χ1) is 13.5. The number of carbonyl (C=O) groups is 1. The number of hydrogen-bond donors (Lipinski definition) is 0. The molecule has 0 unspecified atom stereocenters. The number of piperazine rings is 1. The van der Waals surface area contributed by atoms with Crippen LogP contribution in [0.15, 0.2) is 53.4 Å². The average molecular weight is 404 g/mol. The first kappa shape index (κ1) is 20.3. The summed E-state index contributed by atoms with van der Waals surface area (Å²) >= 11 is 0. The van der Waals surface area contributed by atoms with E-state index in [1.54, 1.807) is 30.2 Å². The molecule has 28 heavy (non-hydrogen) atoms. The Hall–Kier alpha value is -2.42. The minimum absolute atomic E-state index is 0.0977. The maximum Gasteiger partial charge on any atom is 0.253 e. The van der Waals surface area contributed by atoms with E-state index in [0.717, 1.165) is 5.56 Å². The van der Waals surface area contributed by atoms with E-state index in [1.807, 2.05) is 18.2 Å². The quantitative estimate of drug-likeness (QED) is 0.736. The van der Waals surface area contributed by atoms with Gasteiger partial charge >= 0.3 is 0 Å². The fraction of sp³-hybridized carbons (Fsp3) is 0.350. The first-order valence-corrected chi connectivity index (χ1v) is 10.4. The molecule has 0 aliphatic carbocycles. The molecule has 0 atom stereocenters. The number of carbonyl (C=O) groups excluding carboxylic acids is 1. The Kier molecular flexibility index (Phi) is 6.33.